The van der Waals surface area contributed by atoms with E-state index >= 15 is 0 Å². The molecule has 0 bridgehead atoms. The largest absolute Gasteiger partial charge is 0.493 e. The fourth-order valence-corrected chi connectivity index (χ4v) is 2.72. The molecule has 0 aliphatic heterocycles. The average Bonchev–Trinajstić information content (AvgIpc) is 2.33. The van der Waals surface area contributed by atoms with Gasteiger partial charge in [0, 0.05) is 12.5 Å². The number of benzene rings is 1. The van der Waals surface area contributed by atoms with Gasteiger partial charge in [0.25, 0.3) is 0 Å². The van der Waals surface area contributed by atoms with Gasteiger partial charge in [0.1, 0.15) is 5.75 Å². The van der Waals surface area contributed by atoms with Crippen molar-refractivity contribution in [3.8, 4) is 5.75 Å². The van der Waals surface area contributed by atoms with Crippen LogP contribution in [-0.2, 0) is 5.41 Å². The van der Waals surface area contributed by atoms with Gasteiger partial charge in [-0.25, -0.2) is 0 Å². The first-order valence-corrected chi connectivity index (χ1v) is 7.48. The van der Waals surface area contributed by atoms with Gasteiger partial charge in [0.15, 0.2) is 0 Å². The number of ether oxygens (including phenoxy) is 1. The molecular weight excluding hydrogens is 248 g/mol. The van der Waals surface area contributed by atoms with Crippen LogP contribution in [0.3, 0.4) is 0 Å². The van der Waals surface area contributed by atoms with Crippen LogP contribution in [0.4, 0.5) is 0 Å². The quantitative estimate of drug-likeness (QED) is 0.835. The molecule has 2 heteroatoms. The molecule has 0 spiro atoms. The normalized spacial score (nSPS) is 14.2. The van der Waals surface area contributed by atoms with Crippen molar-refractivity contribution < 1.29 is 9.84 Å². The van der Waals surface area contributed by atoms with Crippen molar-refractivity contribution in [3.05, 3.63) is 29.8 Å². The van der Waals surface area contributed by atoms with Gasteiger partial charge in [-0.2, -0.15) is 0 Å². The fraction of sp³-hybridized carbons (Fsp3) is 0.667. The van der Waals surface area contributed by atoms with Crippen LogP contribution in [0.2, 0.25) is 0 Å². The molecule has 1 aromatic carbocycles. The van der Waals surface area contributed by atoms with E-state index in [1.807, 2.05) is 19.1 Å². The van der Waals surface area contributed by atoms with Crippen LogP contribution >= 0.6 is 0 Å². The maximum absolute atomic E-state index is 8.99. The Morgan fingerprint density at radius 2 is 1.60 bits per heavy atom. The molecule has 1 rings (SSSR count). The molecule has 1 aromatic rings. The third-order valence-electron chi connectivity index (χ3n) is 3.45. The molecule has 20 heavy (non-hydrogen) atoms. The van der Waals surface area contributed by atoms with Crippen LogP contribution in [0.5, 0.6) is 5.75 Å². The highest BCUT2D eigenvalue weighted by molar-refractivity contribution is 5.31. The number of aliphatic hydroxyl groups is 1. The average molecular weight is 278 g/mol. The second-order valence-corrected chi connectivity index (χ2v) is 7.74. The van der Waals surface area contributed by atoms with Crippen molar-refractivity contribution in [2.45, 2.75) is 53.4 Å². The minimum absolute atomic E-state index is 0.162. The molecule has 1 N–H and O–H groups in total. The highest BCUT2D eigenvalue weighted by atomic mass is 16.5. The number of hydrogen-bond donors (Lipinski definition) is 1. The van der Waals surface area contributed by atoms with E-state index in [-0.39, 0.29) is 17.9 Å². The SMILES string of the molecule is CC(CO)COc1ccc(C(C)(C)CC(C)(C)C)cc1. The van der Waals surface area contributed by atoms with Crippen LogP contribution < -0.4 is 4.74 Å². The molecule has 114 valence electrons. The summed E-state index contributed by atoms with van der Waals surface area (Å²) in [5, 5.41) is 8.99. The molecule has 1 atom stereocenters. The molecule has 0 aliphatic rings. The minimum atomic E-state index is 0.162. The Bertz CT molecular complexity index is 398. The molecule has 0 aromatic heterocycles. The summed E-state index contributed by atoms with van der Waals surface area (Å²) in [6.07, 6.45) is 1.14. The summed E-state index contributed by atoms with van der Waals surface area (Å²) >= 11 is 0. The molecule has 0 radical (unpaired) electrons. The molecule has 0 amide bonds. The molecule has 0 fully saturated rings. The standard InChI is InChI=1S/C18H30O2/c1-14(11-19)12-20-16-9-7-15(8-10-16)18(5,6)13-17(2,3)4/h7-10,14,19H,11-13H2,1-6H3. The molecule has 0 heterocycles. The highest BCUT2D eigenvalue weighted by Gasteiger charge is 2.27. The van der Waals surface area contributed by atoms with Gasteiger partial charge < -0.3 is 9.84 Å². The van der Waals surface area contributed by atoms with E-state index in [1.165, 1.54) is 5.56 Å². The number of hydrogen-bond acceptors (Lipinski definition) is 2. The summed E-state index contributed by atoms with van der Waals surface area (Å²) in [6.45, 7) is 14.1. The van der Waals surface area contributed by atoms with E-state index < -0.39 is 0 Å². The Morgan fingerprint density at radius 3 is 2.05 bits per heavy atom. The van der Waals surface area contributed by atoms with E-state index in [4.69, 9.17) is 9.84 Å². The third kappa shape index (κ3) is 5.54. The summed E-state index contributed by atoms with van der Waals surface area (Å²) in [4.78, 5) is 0. The predicted molar refractivity (Wildman–Crippen MR) is 85.3 cm³/mol. The first-order chi connectivity index (χ1) is 9.14. The monoisotopic (exact) mass is 278 g/mol. The smallest absolute Gasteiger partial charge is 0.119 e. The Hall–Kier alpha value is -1.02. The maximum atomic E-state index is 8.99. The van der Waals surface area contributed by atoms with Crippen molar-refractivity contribution in [1.29, 1.82) is 0 Å². The van der Waals surface area contributed by atoms with Crippen molar-refractivity contribution in [2.24, 2.45) is 11.3 Å². The predicted octanol–water partition coefficient (Wildman–Crippen LogP) is 4.41. The van der Waals surface area contributed by atoms with Crippen molar-refractivity contribution in [3.63, 3.8) is 0 Å². The fourth-order valence-electron chi connectivity index (χ4n) is 2.72. The van der Waals surface area contributed by atoms with Gasteiger partial charge >= 0.3 is 0 Å². The van der Waals surface area contributed by atoms with E-state index in [9.17, 15) is 0 Å². The Labute approximate surface area is 124 Å². The first kappa shape index (κ1) is 17.0. The zero-order chi connectivity index (χ0) is 15.4. The molecule has 0 saturated carbocycles. The minimum Gasteiger partial charge on any atom is -0.493 e. The van der Waals surface area contributed by atoms with E-state index in [1.54, 1.807) is 0 Å². The zero-order valence-corrected chi connectivity index (χ0v) is 13.9. The van der Waals surface area contributed by atoms with Crippen molar-refractivity contribution in [1.82, 2.24) is 0 Å². The Kier molecular flexibility index (Phi) is 5.64. The van der Waals surface area contributed by atoms with Crippen molar-refractivity contribution >= 4 is 0 Å². The van der Waals surface area contributed by atoms with Crippen LogP contribution in [0, 0.1) is 11.3 Å². The molecule has 0 saturated heterocycles. The van der Waals surface area contributed by atoms with Gasteiger partial charge in [0.05, 0.1) is 6.61 Å². The first-order valence-electron chi connectivity index (χ1n) is 7.48. The lowest BCUT2D eigenvalue weighted by Crippen LogP contribution is -2.24. The van der Waals surface area contributed by atoms with Crippen LogP contribution in [-0.4, -0.2) is 18.3 Å². The van der Waals surface area contributed by atoms with Gasteiger partial charge in [-0.05, 0) is 34.9 Å². The zero-order valence-electron chi connectivity index (χ0n) is 13.9. The molecule has 2 nitrogen and oxygen atoms in total. The van der Waals surface area contributed by atoms with Crippen LogP contribution in [0.15, 0.2) is 24.3 Å². The summed E-state index contributed by atoms with van der Waals surface area (Å²) in [5.41, 5.74) is 1.82. The summed E-state index contributed by atoms with van der Waals surface area (Å²) in [7, 11) is 0. The molecular formula is C18H30O2. The van der Waals surface area contributed by atoms with Gasteiger partial charge in [0.2, 0.25) is 0 Å². The van der Waals surface area contributed by atoms with E-state index in [0.717, 1.165) is 12.2 Å². The number of aliphatic hydroxyl groups excluding tert-OH is 1. The second-order valence-electron chi connectivity index (χ2n) is 7.74. The van der Waals surface area contributed by atoms with Crippen LogP contribution in [0.1, 0.15) is 53.5 Å². The maximum Gasteiger partial charge on any atom is 0.119 e. The highest BCUT2D eigenvalue weighted by Crippen LogP contribution is 2.36. The lowest BCUT2D eigenvalue weighted by molar-refractivity contribution is 0.174. The van der Waals surface area contributed by atoms with Gasteiger partial charge in [-0.3, -0.25) is 0 Å². The summed E-state index contributed by atoms with van der Waals surface area (Å²) in [5.74, 6) is 1.05. The third-order valence-corrected chi connectivity index (χ3v) is 3.45. The lowest BCUT2D eigenvalue weighted by atomic mass is 9.72. The Balaban J connectivity index is 2.70. The van der Waals surface area contributed by atoms with E-state index in [0.29, 0.717) is 12.0 Å². The lowest BCUT2D eigenvalue weighted by Gasteiger charge is -2.33. The van der Waals surface area contributed by atoms with Gasteiger partial charge in [-0.15, -0.1) is 0 Å². The van der Waals surface area contributed by atoms with Crippen LogP contribution in [0.25, 0.3) is 0 Å². The van der Waals surface area contributed by atoms with Gasteiger partial charge in [-0.1, -0.05) is 53.7 Å². The molecule has 0 aliphatic carbocycles. The second kappa shape index (κ2) is 6.62. The topological polar surface area (TPSA) is 29.5 Å². The number of rotatable bonds is 6. The van der Waals surface area contributed by atoms with E-state index in [2.05, 4.69) is 46.8 Å². The summed E-state index contributed by atoms with van der Waals surface area (Å²) in [6, 6.07) is 8.38. The van der Waals surface area contributed by atoms with Crippen molar-refractivity contribution in [2.75, 3.05) is 13.2 Å². The Morgan fingerprint density at radius 1 is 1.05 bits per heavy atom. The molecule has 1 unspecified atom stereocenters. The summed E-state index contributed by atoms with van der Waals surface area (Å²) < 4.78 is 5.67.